The van der Waals surface area contributed by atoms with Crippen LogP contribution >= 0.6 is 0 Å². The van der Waals surface area contributed by atoms with Gasteiger partial charge in [0.05, 0.1) is 30.5 Å². The Balaban J connectivity index is 1.95. The molecule has 8 heteroatoms. The molecule has 25 heavy (non-hydrogen) atoms. The molecule has 3 aromatic rings. The summed E-state index contributed by atoms with van der Waals surface area (Å²) in [5.41, 5.74) is 1.81. The van der Waals surface area contributed by atoms with Crippen molar-refractivity contribution in [3.63, 3.8) is 0 Å². The third kappa shape index (κ3) is 3.48. The maximum Gasteiger partial charge on any atom is 0.264 e. The molecule has 0 aliphatic carbocycles. The van der Waals surface area contributed by atoms with Crippen molar-refractivity contribution in [2.24, 2.45) is 0 Å². The molecule has 0 spiro atoms. The summed E-state index contributed by atoms with van der Waals surface area (Å²) in [6.07, 6.45) is 3.46. The van der Waals surface area contributed by atoms with Gasteiger partial charge >= 0.3 is 0 Å². The predicted octanol–water partition coefficient (Wildman–Crippen LogP) is 3.13. The number of rotatable bonds is 5. The van der Waals surface area contributed by atoms with Crippen molar-refractivity contribution in [1.82, 2.24) is 9.55 Å². The molecule has 1 aromatic heterocycles. The van der Waals surface area contributed by atoms with Crippen LogP contribution in [-0.2, 0) is 10.0 Å². The van der Waals surface area contributed by atoms with E-state index in [1.54, 1.807) is 23.0 Å². The Bertz CT molecular complexity index is 1020. The van der Waals surface area contributed by atoms with E-state index in [0.29, 0.717) is 11.4 Å². The van der Waals surface area contributed by atoms with Gasteiger partial charge in [-0.2, -0.15) is 0 Å². The number of aryl methyl sites for hydroxylation is 1. The van der Waals surface area contributed by atoms with Crippen LogP contribution in [0.3, 0.4) is 0 Å². The summed E-state index contributed by atoms with van der Waals surface area (Å²) in [4.78, 5) is 3.74. The summed E-state index contributed by atoms with van der Waals surface area (Å²) in [7, 11) is -2.56. The van der Waals surface area contributed by atoms with E-state index in [1.165, 1.54) is 31.4 Å². The highest BCUT2D eigenvalue weighted by Crippen LogP contribution is 2.28. The summed E-state index contributed by atoms with van der Waals surface area (Å²) < 4.78 is 48.0. The van der Waals surface area contributed by atoms with E-state index in [-0.39, 0.29) is 5.69 Å². The standard InChI is InChI=1S/C17H16FN3O3S/c1-12-10-21(11-19-12)15-8-7-13(9-16(15)24-2)20-25(22,23)17-6-4-3-5-14(17)18/h3-11,20H,1-2H3. The first-order valence-corrected chi connectivity index (χ1v) is 8.85. The van der Waals surface area contributed by atoms with Crippen LogP contribution in [0.25, 0.3) is 5.69 Å². The largest absolute Gasteiger partial charge is 0.494 e. The van der Waals surface area contributed by atoms with Gasteiger partial charge in [0.1, 0.15) is 16.5 Å². The van der Waals surface area contributed by atoms with Crippen molar-refractivity contribution in [2.75, 3.05) is 11.8 Å². The molecule has 3 rings (SSSR count). The fourth-order valence-corrected chi connectivity index (χ4v) is 3.51. The van der Waals surface area contributed by atoms with E-state index in [2.05, 4.69) is 9.71 Å². The molecule has 130 valence electrons. The number of benzene rings is 2. The number of sulfonamides is 1. The molecule has 6 nitrogen and oxygen atoms in total. The van der Waals surface area contributed by atoms with E-state index < -0.39 is 20.7 Å². The molecule has 0 fully saturated rings. The Hall–Kier alpha value is -2.87. The second-order valence-electron chi connectivity index (χ2n) is 5.34. The Morgan fingerprint density at radius 2 is 1.96 bits per heavy atom. The van der Waals surface area contributed by atoms with Gasteiger partial charge in [-0.1, -0.05) is 12.1 Å². The topological polar surface area (TPSA) is 73.2 Å². The highest BCUT2D eigenvalue weighted by atomic mass is 32.2. The number of hydrogen-bond acceptors (Lipinski definition) is 4. The van der Waals surface area contributed by atoms with Crippen molar-refractivity contribution in [3.8, 4) is 11.4 Å². The number of methoxy groups -OCH3 is 1. The molecule has 0 unspecified atom stereocenters. The molecular weight excluding hydrogens is 345 g/mol. The lowest BCUT2D eigenvalue weighted by molar-refractivity contribution is 0.413. The number of aromatic nitrogens is 2. The first-order chi connectivity index (χ1) is 11.9. The van der Waals surface area contributed by atoms with Gasteiger partial charge in [-0.05, 0) is 31.2 Å². The number of ether oxygens (including phenoxy) is 1. The zero-order valence-electron chi connectivity index (χ0n) is 13.6. The minimum Gasteiger partial charge on any atom is -0.494 e. The van der Waals surface area contributed by atoms with Crippen LogP contribution in [0.2, 0.25) is 0 Å². The highest BCUT2D eigenvalue weighted by molar-refractivity contribution is 7.92. The molecule has 0 aliphatic heterocycles. The summed E-state index contributed by atoms with van der Waals surface area (Å²) >= 11 is 0. The zero-order chi connectivity index (χ0) is 18.0. The van der Waals surface area contributed by atoms with Crippen LogP contribution < -0.4 is 9.46 Å². The Morgan fingerprint density at radius 1 is 1.20 bits per heavy atom. The lowest BCUT2D eigenvalue weighted by Gasteiger charge is -2.13. The van der Waals surface area contributed by atoms with Gasteiger partial charge in [-0.25, -0.2) is 17.8 Å². The van der Waals surface area contributed by atoms with E-state index in [0.717, 1.165) is 11.8 Å². The zero-order valence-corrected chi connectivity index (χ0v) is 14.4. The predicted molar refractivity (Wildman–Crippen MR) is 92.1 cm³/mol. The molecule has 0 radical (unpaired) electrons. The molecular formula is C17H16FN3O3S. The monoisotopic (exact) mass is 361 g/mol. The molecule has 2 aromatic carbocycles. The first-order valence-electron chi connectivity index (χ1n) is 7.37. The highest BCUT2D eigenvalue weighted by Gasteiger charge is 2.19. The van der Waals surface area contributed by atoms with Crippen LogP contribution in [0, 0.1) is 12.7 Å². The molecule has 1 N–H and O–H groups in total. The molecule has 0 aliphatic rings. The molecule has 1 heterocycles. The SMILES string of the molecule is COc1cc(NS(=O)(=O)c2ccccc2F)ccc1-n1cnc(C)c1. The maximum absolute atomic E-state index is 13.8. The van der Waals surface area contributed by atoms with Crippen molar-refractivity contribution in [1.29, 1.82) is 0 Å². The maximum atomic E-state index is 13.8. The van der Waals surface area contributed by atoms with Crippen LogP contribution in [0.1, 0.15) is 5.69 Å². The van der Waals surface area contributed by atoms with Crippen LogP contribution in [0.15, 0.2) is 59.9 Å². The van der Waals surface area contributed by atoms with Crippen molar-refractivity contribution >= 4 is 15.7 Å². The van der Waals surface area contributed by atoms with Gasteiger partial charge in [-0.3, -0.25) is 4.72 Å². The minimum atomic E-state index is -4.04. The fourth-order valence-electron chi connectivity index (χ4n) is 2.38. The average Bonchev–Trinajstić information content (AvgIpc) is 3.01. The number of hydrogen-bond donors (Lipinski definition) is 1. The van der Waals surface area contributed by atoms with Crippen LogP contribution in [0.5, 0.6) is 5.75 Å². The molecule has 0 saturated carbocycles. The summed E-state index contributed by atoms with van der Waals surface area (Å²) in [5.74, 6) is -0.362. The number of nitrogens with zero attached hydrogens (tertiary/aromatic N) is 2. The van der Waals surface area contributed by atoms with Gasteiger partial charge in [0, 0.05) is 12.3 Å². The van der Waals surface area contributed by atoms with E-state index in [1.807, 2.05) is 13.1 Å². The molecule has 0 atom stereocenters. The molecule has 0 bridgehead atoms. The van der Waals surface area contributed by atoms with Gasteiger partial charge in [-0.15, -0.1) is 0 Å². The number of halogens is 1. The van der Waals surface area contributed by atoms with Crippen molar-refractivity contribution in [3.05, 3.63) is 66.5 Å². The second kappa shape index (κ2) is 6.56. The average molecular weight is 361 g/mol. The summed E-state index contributed by atoms with van der Waals surface area (Å²) in [5, 5.41) is 0. The summed E-state index contributed by atoms with van der Waals surface area (Å²) in [6.45, 7) is 1.86. The lowest BCUT2D eigenvalue weighted by Crippen LogP contribution is -2.14. The third-order valence-electron chi connectivity index (χ3n) is 3.55. The smallest absolute Gasteiger partial charge is 0.264 e. The second-order valence-corrected chi connectivity index (χ2v) is 7.00. The number of imidazole rings is 1. The molecule has 0 amide bonds. The third-order valence-corrected chi connectivity index (χ3v) is 4.96. The summed E-state index contributed by atoms with van der Waals surface area (Å²) in [6, 6.07) is 9.99. The van der Waals surface area contributed by atoms with Gasteiger partial charge < -0.3 is 9.30 Å². The van der Waals surface area contributed by atoms with Gasteiger partial charge in [0.25, 0.3) is 10.0 Å². The van der Waals surface area contributed by atoms with E-state index >= 15 is 0 Å². The fraction of sp³-hybridized carbons (Fsp3) is 0.118. The Morgan fingerprint density at radius 3 is 2.60 bits per heavy atom. The van der Waals surface area contributed by atoms with E-state index in [4.69, 9.17) is 4.74 Å². The van der Waals surface area contributed by atoms with Crippen LogP contribution in [-0.4, -0.2) is 25.1 Å². The van der Waals surface area contributed by atoms with Gasteiger partial charge in [0.15, 0.2) is 0 Å². The lowest BCUT2D eigenvalue weighted by atomic mass is 10.2. The minimum absolute atomic E-state index is 0.265. The Labute approximate surface area is 145 Å². The number of anilines is 1. The van der Waals surface area contributed by atoms with Crippen LogP contribution in [0.4, 0.5) is 10.1 Å². The van der Waals surface area contributed by atoms with Gasteiger partial charge in [0.2, 0.25) is 0 Å². The number of nitrogens with one attached hydrogen (secondary N) is 1. The van der Waals surface area contributed by atoms with Crippen molar-refractivity contribution < 1.29 is 17.5 Å². The van der Waals surface area contributed by atoms with E-state index in [9.17, 15) is 12.8 Å². The normalized spacial score (nSPS) is 11.3. The van der Waals surface area contributed by atoms with Crippen molar-refractivity contribution in [2.45, 2.75) is 11.8 Å². The Kier molecular flexibility index (Phi) is 4.45. The first kappa shape index (κ1) is 17.0. The quantitative estimate of drug-likeness (QED) is 0.758. The molecule has 0 saturated heterocycles.